The summed E-state index contributed by atoms with van der Waals surface area (Å²) < 4.78 is 0. The van der Waals surface area contributed by atoms with Crippen molar-refractivity contribution in [1.82, 2.24) is 5.32 Å². The zero-order valence-corrected chi connectivity index (χ0v) is 19.0. The molecule has 3 aromatic carbocycles. The minimum Gasteiger partial charge on any atom is -0.325 e. The summed E-state index contributed by atoms with van der Waals surface area (Å²) in [6.07, 6.45) is 0.0938. The van der Waals surface area contributed by atoms with Crippen LogP contribution in [0, 0.1) is 11.3 Å². The van der Waals surface area contributed by atoms with Gasteiger partial charge in [-0.05, 0) is 29.1 Å². The fourth-order valence-corrected chi connectivity index (χ4v) is 5.06. The fourth-order valence-electron chi connectivity index (χ4n) is 3.64. The molecule has 0 aliphatic carbocycles. The molecular weight excluding hydrogens is 465 g/mol. The number of allylic oxidation sites excluding steroid dienone is 1. The summed E-state index contributed by atoms with van der Waals surface area (Å²) in [5.41, 5.74) is 1.74. The number of thioether (sulfide) groups is 1. The van der Waals surface area contributed by atoms with Crippen molar-refractivity contribution in [2.24, 2.45) is 0 Å². The van der Waals surface area contributed by atoms with E-state index in [4.69, 9.17) is 23.2 Å². The Labute approximate surface area is 199 Å². The van der Waals surface area contributed by atoms with Crippen molar-refractivity contribution >= 4 is 63.2 Å². The minimum absolute atomic E-state index is 0.0328. The number of anilines is 1. The summed E-state index contributed by atoms with van der Waals surface area (Å²) in [6.45, 7) is 0. The SMILES string of the molecule is N#CC1=C(SCC(=O)Nc2cccc3ccccc23)NC(=O)C[C@@H]1c1ccc(Cl)cc1Cl. The number of benzene rings is 3. The molecule has 2 amide bonds. The normalized spacial score (nSPS) is 15.9. The van der Waals surface area contributed by atoms with Gasteiger partial charge in [-0.15, -0.1) is 0 Å². The van der Waals surface area contributed by atoms with Crippen LogP contribution in [0.5, 0.6) is 0 Å². The Balaban J connectivity index is 1.54. The Bertz CT molecular complexity index is 1290. The summed E-state index contributed by atoms with van der Waals surface area (Å²) in [6, 6.07) is 20.6. The van der Waals surface area contributed by atoms with E-state index in [-0.39, 0.29) is 24.0 Å². The highest BCUT2D eigenvalue weighted by Gasteiger charge is 2.31. The van der Waals surface area contributed by atoms with Gasteiger partial charge in [0.2, 0.25) is 11.8 Å². The number of halogens is 2. The van der Waals surface area contributed by atoms with Gasteiger partial charge in [-0.3, -0.25) is 9.59 Å². The predicted molar refractivity (Wildman–Crippen MR) is 130 cm³/mol. The third-order valence-electron chi connectivity index (χ3n) is 5.11. The van der Waals surface area contributed by atoms with E-state index in [0.717, 1.165) is 22.5 Å². The molecule has 0 fully saturated rings. The van der Waals surface area contributed by atoms with Crippen LogP contribution in [0.4, 0.5) is 5.69 Å². The number of carbonyl (C=O) groups is 2. The van der Waals surface area contributed by atoms with Gasteiger partial charge in [-0.1, -0.05) is 77.4 Å². The van der Waals surface area contributed by atoms with Gasteiger partial charge in [-0.2, -0.15) is 5.26 Å². The molecule has 0 bridgehead atoms. The highest BCUT2D eigenvalue weighted by atomic mass is 35.5. The van der Waals surface area contributed by atoms with Crippen molar-refractivity contribution in [1.29, 1.82) is 5.26 Å². The van der Waals surface area contributed by atoms with Crippen molar-refractivity contribution in [3.63, 3.8) is 0 Å². The molecule has 0 aromatic heterocycles. The van der Waals surface area contributed by atoms with Crippen LogP contribution >= 0.6 is 35.0 Å². The lowest BCUT2D eigenvalue weighted by Crippen LogP contribution is -2.31. The van der Waals surface area contributed by atoms with Gasteiger partial charge in [-0.25, -0.2) is 0 Å². The summed E-state index contributed by atoms with van der Waals surface area (Å²) in [4.78, 5) is 25.0. The molecule has 1 heterocycles. The minimum atomic E-state index is -0.498. The van der Waals surface area contributed by atoms with Crippen molar-refractivity contribution in [2.75, 3.05) is 11.1 Å². The van der Waals surface area contributed by atoms with Crippen molar-refractivity contribution in [3.05, 3.63) is 86.9 Å². The summed E-state index contributed by atoms with van der Waals surface area (Å²) in [7, 11) is 0. The van der Waals surface area contributed by atoms with E-state index in [2.05, 4.69) is 16.7 Å². The number of amides is 2. The lowest BCUT2D eigenvalue weighted by molar-refractivity contribution is -0.121. The summed E-state index contributed by atoms with van der Waals surface area (Å²) >= 11 is 13.4. The number of rotatable bonds is 5. The second-order valence-corrected chi connectivity index (χ2v) is 9.02. The van der Waals surface area contributed by atoms with Crippen LogP contribution in [0.15, 0.2) is 71.3 Å². The Morgan fingerprint density at radius 1 is 1.16 bits per heavy atom. The van der Waals surface area contributed by atoms with Gasteiger partial charge in [0.15, 0.2) is 0 Å². The zero-order chi connectivity index (χ0) is 22.7. The van der Waals surface area contributed by atoms with Gasteiger partial charge >= 0.3 is 0 Å². The molecule has 0 radical (unpaired) electrons. The van der Waals surface area contributed by atoms with Crippen molar-refractivity contribution in [2.45, 2.75) is 12.3 Å². The lowest BCUT2D eigenvalue weighted by Gasteiger charge is -2.25. The third-order valence-corrected chi connectivity index (χ3v) is 6.68. The molecule has 0 saturated carbocycles. The molecule has 3 aromatic rings. The molecule has 0 saturated heterocycles. The largest absolute Gasteiger partial charge is 0.325 e. The molecule has 4 rings (SSSR count). The Kier molecular flexibility index (Phi) is 6.71. The standard InChI is InChI=1S/C24H17Cl2N3O2S/c25-15-8-9-17(20(26)10-15)18-11-22(30)29-24(19(18)12-27)32-13-23(31)28-21-7-3-5-14-4-1-2-6-16(14)21/h1-10,18H,11,13H2,(H,28,31)(H,29,30)/t18-/m1/s1. The fraction of sp³-hybridized carbons (Fsp3) is 0.125. The number of hydrogen-bond donors (Lipinski definition) is 2. The molecule has 1 aliphatic rings. The molecule has 160 valence electrons. The smallest absolute Gasteiger partial charge is 0.234 e. The number of carbonyl (C=O) groups excluding carboxylic acids is 2. The van der Waals surface area contributed by atoms with Crippen LogP contribution in [-0.4, -0.2) is 17.6 Å². The van der Waals surface area contributed by atoms with Crippen molar-refractivity contribution in [3.8, 4) is 6.07 Å². The third kappa shape index (κ3) is 4.76. The number of hydrogen-bond acceptors (Lipinski definition) is 4. The first-order valence-corrected chi connectivity index (χ1v) is 11.5. The van der Waals surface area contributed by atoms with Gasteiger partial charge in [0.25, 0.3) is 0 Å². The molecule has 5 nitrogen and oxygen atoms in total. The quantitative estimate of drug-likeness (QED) is 0.478. The van der Waals surface area contributed by atoms with E-state index in [9.17, 15) is 14.9 Å². The van der Waals surface area contributed by atoms with Gasteiger partial charge in [0.05, 0.1) is 22.4 Å². The van der Waals surface area contributed by atoms with E-state index in [1.165, 1.54) is 0 Å². The molecule has 2 N–H and O–H groups in total. The maximum Gasteiger partial charge on any atom is 0.234 e. The van der Waals surface area contributed by atoms with Crippen LogP contribution in [0.25, 0.3) is 10.8 Å². The van der Waals surface area contributed by atoms with E-state index in [1.54, 1.807) is 18.2 Å². The van der Waals surface area contributed by atoms with Gasteiger partial charge in [0, 0.05) is 33.5 Å². The Hall–Kier alpha value is -2.98. The molecule has 32 heavy (non-hydrogen) atoms. The summed E-state index contributed by atoms with van der Waals surface area (Å²) in [5.74, 6) is -0.943. The predicted octanol–water partition coefficient (Wildman–Crippen LogP) is 5.86. The van der Waals surface area contributed by atoms with Crippen LogP contribution in [0.2, 0.25) is 10.0 Å². The van der Waals surface area contributed by atoms with Crippen LogP contribution in [0.1, 0.15) is 17.9 Å². The second kappa shape index (κ2) is 9.66. The molecular formula is C24H17Cl2N3O2S. The van der Waals surface area contributed by atoms with Crippen LogP contribution in [0.3, 0.4) is 0 Å². The van der Waals surface area contributed by atoms with Gasteiger partial charge < -0.3 is 10.6 Å². The number of nitrogens with one attached hydrogen (secondary N) is 2. The lowest BCUT2D eigenvalue weighted by atomic mass is 9.87. The maximum absolute atomic E-state index is 12.6. The van der Waals surface area contributed by atoms with E-state index in [1.807, 2.05) is 42.5 Å². The van der Waals surface area contributed by atoms with Crippen LogP contribution < -0.4 is 10.6 Å². The van der Waals surface area contributed by atoms with Crippen molar-refractivity contribution < 1.29 is 9.59 Å². The molecule has 1 atom stereocenters. The number of nitriles is 1. The Morgan fingerprint density at radius 2 is 1.94 bits per heavy atom. The first-order chi connectivity index (χ1) is 15.5. The molecule has 1 aliphatic heterocycles. The number of nitrogens with zero attached hydrogens (tertiary/aromatic N) is 1. The Morgan fingerprint density at radius 3 is 2.72 bits per heavy atom. The monoisotopic (exact) mass is 481 g/mol. The van der Waals surface area contributed by atoms with E-state index < -0.39 is 5.92 Å². The highest BCUT2D eigenvalue weighted by Crippen LogP contribution is 2.39. The van der Waals surface area contributed by atoms with E-state index in [0.29, 0.717) is 31.9 Å². The van der Waals surface area contributed by atoms with Gasteiger partial charge in [0.1, 0.15) is 0 Å². The second-order valence-electron chi connectivity index (χ2n) is 7.19. The topological polar surface area (TPSA) is 82.0 Å². The highest BCUT2D eigenvalue weighted by molar-refractivity contribution is 8.03. The van der Waals surface area contributed by atoms with E-state index >= 15 is 0 Å². The zero-order valence-electron chi connectivity index (χ0n) is 16.7. The number of fused-ring (bicyclic) bond motifs is 1. The summed E-state index contributed by atoms with van der Waals surface area (Å²) in [5, 5.41) is 18.6. The first kappa shape index (κ1) is 22.2. The average Bonchev–Trinajstić information content (AvgIpc) is 2.77. The average molecular weight is 482 g/mol. The first-order valence-electron chi connectivity index (χ1n) is 9.75. The molecule has 0 spiro atoms. The molecule has 8 heteroatoms. The maximum atomic E-state index is 12.6. The van der Waals surface area contributed by atoms with Crippen LogP contribution in [-0.2, 0) is 9.59 Å². The molecule has 0 unspecified atom stereocenters.